The maximum absolute atomic E-state index is 12.3. The van der Waals surface area contributed by atoms with E-state index in [9.17, 15) is 8.42 Å². The molecule has 0 bridgehead atoms. The first-order chi connectivity index (χ1) is 8.24. The number of alkyl halides is 2. The normalized spacial score (nSPS) is 12.7. The highest BCUT2D eigenvalue weighted by atomic mass is 79.9. The van der Waals surface area contributed by atoms with Crippen molar-refractivity contribution >= 4 is 41.9 Å². The van der Waals surface area contributed by atoms with Crippen molar-refractivity contribution in [1.29, 1.82) is 0 Å². The van der Waals surface area contributed by atoms with Gasteiger partial charge in [-0.25, -0.2) is 13.1 Å². The number of halogens is 2. The van der Waals surface area contributed by atoms with E-state index in [2.05, 4.69) is 36.6 Å². The van der Waals surface area contributed by atoms with Crippen LogP contribution in [0.1, 0.15) is 18.1 Å². The highest BCUT2D eigenvalue weighted by Crippen LogP contribution is 2.19. The monoisotopic (exact) mass is 397 g/mol. The standard InChI is InChI=1S/C12H17Br2NO2S/c1-9-4-5-11(6-10(9)2)18(16,17)15-12(3,7-13)8-14/h4-6,15H,7-8H2,1-3H3. The summed E-state index contributed by atoms with van der Waals surface area (Å²) < 4.78 is 27.3. The Bertz CT molecular complexity index is 525. The Labute approximate surface area is 126 Å². The molecule has 1 aromatic rings. The van der Waals surface area contributed by atoms with Crippen molar-refractivity contribution in [2.45, 2.75) is 31.2 Å². The zero-order valence-electron chi connectivity index (χ0n) is 10.6. The van der Waals surface area contributed by atoms with Gasteiger partial charge in [0.25, 0.3) is 0 Å². The summed E-state index contributed by atoms with van der Waals surface area (Å²) in [5.41, 5.74) is 1.51. The van der Waals surface area contributed by atoms with Gasteiger partial charge in [-0.05, 0) is 44.0 Å². The number of rotatable bonds is 5. The third-order valence-electron chi connectivity index (χ3n) is 2.76. The first-order valence-electron chi connectivity index (χ1n) is 5.47. The lowest BCUT2D eigenvalue weighted by Crippen LogP contribution is -2.48. The van der Waals surface area contributed by atoms with Crippen LogP contribution in [-0.2, 0) is 10.0 Å². The van der Waals surface area contributed by atoms with Crippen LogP contribution in [0, 0.1) is 13.8 Å². The molecule has 0 fully saturated rings. The Morgan fingerprint density at radius 3 is 2.17 bits per heavy atom. The number of sulfonamides is 1. The smallest absolute Gasteiger partial charge is 0.207 e. The molecule has 0 radical (unpaired) electrons. The van der Waals surface area contributed by atoms with Crippen LogP contribution in [0.3, 0.4) is 0 Å². The molecule has 18 heavy (non-hydrogen) atoms. The molecule has 6 heteroatoms. The molecule has 0 aromatic heterocycles. The van der Waals surface area contributed by atoms with Gasteiger partial charge in [0.1, 0.15) is 0 Å². The maximum Gasteiger partial charge on any atom is 0.241 e. The van der Waals surface area contributed by atoms with Crippen molar-refractivity contribution in [1.82, 2.24) is 4.72 Å². The predicted molar refractivity (Wildman–Crippen MR) is 82.2 cm³/mol. The number of aryl methyl sites for hydroxylation is 2. The minimum absolute atomic E-state index is 0.304. The quantitative estimate of drug-likeness (QED) is 0.774. The molecule has 0 aliphatic heterocycles. The minimum Gasteiger partial charge on any atom is -0.207 e. The molecule has 0 aliphatic rings. The molecule has 0 spiro atoms. The molecule has 1 aromatic carbocycles. The Kier molecular flexibility index (Phi) is 5.41. The van der Waals surface area contributed by atoms with Gasteiger partial charge in [-0.3, -0.25) is 0 Å². The molecular formula is C12H17Br2NO2S. The molecule has 1 N–H and O–H groups in total. The van der Waals surface area contributed by atoms with Crippen LogP contribution in [-0.4, -0.2) is 24.6 Å². The molecule has 0 amide bonds. The lowest BCUT2D eigenvalue weighted by atomic mass is 10.1. The van der Waals surface area contributed by atoms with Crippen LogP contribution >= 0.6 is 31.9 Å². The fourth-order valence-corrected chi connectivity index (χ4v) is 4.42. The van der Waals surface area contributed by atoms with Gasteiger partial charge < -0.3 is 0 Å². The second-order valence-corrected chi connectivity index (χ2v) is 7.48. The largest absolute Gasteiger partial charge is 0.241 e. The van der Waals surface area contributed by atoms with Gasteiger partial charge in [-0.1, -0.05) is 37.9 Å². The highest BCUT2D eigenvalue weighted by Gasteiger charge is 2.28. The van der Waals surface area contributed by atoms with Gasteiger partial charge in [0.05, 0.1) is 4.90 Å². The fraction of sp³-hybridized carbons (Fsp3) is 0.500. The van der Waals surface area contributed by atoms with E-state index < -0.39 is 15.6 Å². The van der Waals surface area contributed by atoms with Crippen LogP contribution in [0.5, 0.6) is 0 Å². The number of hydrogen-bond acceptors (Lipinski definition) is 2. The summed E-state index contributed by atoms with van der Waals surface area (Å²) in [6, 6.07) is 5.15. The summed E-state index contributed by atoms with van der Waals surface area (Å²) in [5.74, 6) is 0. The second-order valence-electron chi connectivity index (χ2n) is 4.68. The molecular weight excluding hydrogens is 382 g/mol. The Morgan fingerprint density at radius 2 is 1.72 bits per heavy atom. The molecule has 0 saturated heterocycles. The van der Waals surface area contributed by atoms with Crippen LogP contribution in [0.2, 0.25) is 0 Å². The average molecular weight is 399 g/mol. The van der Waals surface area contributed by atoms with Crippen LogP contribution in [0.15, 0.2) is 23.1 Å². The first-order valence-corrected chi connectivity index (χ1v) is 9.20. The van der Waals surface area contributed by atoms with Crippen molar-refractivity contribution in [2.75, 3.05) is 10.7 Å². The van der Waals surface area contributed by atoms with E-state index in [0.29, 0.717) is 15.6 Å². The molecule has 0 saturated carbocycles. The fourth-order valence-electron chi connectivity index (χ4n) is 1.35. The third-order valence-corrected chi connectivity index (χ3v) is 6.87. The van der Waals surface area contributed by atoms with Gasteiger partial charge in [-0.15, -0.1) is 0 Å². The van der Waals surface area contributed by atoms with E-state index >= 15 is 0 Å². The zero-order chi connectivity index (χ0) is 14.0. The topological polar surface area (TPSA) is 46.2 Å². The maximum atomic E-state index is 12.3. The SMILES string of the molecule is Cc1ccc(S(=O)(=O)NC(C)(CBr)CBr)cc1C. The summed E-state index contributed by atoms with van der Waals surface area (Å²) >= 11 is 6.65. The molecule has 0 unspecified atom stereocenters. The number of benzene rings is 1. The molecule has 0 heterocycles. The van der Waals surface area contributed by atoms with Gasteiger partial charge in [0, 0.05) is 16.2 Å². The van der Waals surface area contributed by atoms with Crippen molar-refractivity contribution in [3.05, 3.63) is 29.3 Å². The molecule has 0 atom stereocenters. The van der Waals surface area contributed by atoms with Crippen LogP contribution < -0.4 is 4.72 Å². The van der Waals surface area contributed by atoms with E-state index in [0.717, 1.165) is 11.1 Å². The molecule has 0 aliphatic carbocycles. The summed E-state index contributed by atoms with van der Waals surface area (Å²) in [4.78, 5) is 0.304. The lowest BCUT2D eigenvalue weighted by Gasteiger charge is -2.26. The summed E-state index contributed by atoms with van der Waals surface area (Å²) in [7, 11) is -3.49. The van der Waals surface area contributed by atoms with Crippen molar-refractivity contribution in [3.63, 3.8) is 0 Å². The second kappa shape index (κ2) is 6.03. The summed E-state index contributed by atoms with van der Waals surface area (Å²) in [5, 5.41) is 1.07. The van der Waals surface area contributed by atoms with Crippen molar-refractivity contribution < 1.29 is 8.42 Å². The van der Waals surface area contributed by atoms with Gasteiger partial charge in [-0.2, -0.15) is 0 Å². The third kappa shape index (κ3) is 3.79. The molecule has 102 valence electrons. The predicted octanol–water partition coefficient (Wildman–Crippen LogP) is 3.13. The van der Waals surface area contributed by atoms with E-state index in [1.807, 2.05) is 26.8 Å². The summed E-state index contributed by atoms with van der Waals surface area (Å²) in [6.07, 6.45) is 0. The van der Waals surface area contributed by atoms with Crippen LogP contribution in [0.25, 0.3) is 0 Å². The zero-order valence-corrected chi connectivity index (χ0v) is 14.6. The van der Waals surface area contributed by atoms with E-state index in [1.54, 1.807) is 12.1 Å². The van der Waals surface area contributed by atoms with E-state index in [1.165, 1.54) is 0 Å². The first kappa shape index (κ1) is 16.1. The Balaban J connectivity index is 3.10. The Hall–Kier alpha value is 0.0900. The van der Waals surface area contributed by atoms with Crippen molar-refractivity contribution in [2.24, 2.45) is 0 Å². The lowest BCUT2D eigenvalue weighted by molar-refractivity contribution is 0.509. The number of nitrogens with one attached hydrogen (secondary N) is 1. The Morgan fingerprint density at radius 1 is 1.17 bits per heavy atom. The molecule has 3 nitrogen and oxygen atoms in total. The van der Waals surface area contributed by atoms with Gasteiger partial charge >= 0.3 is 0 Å². The van der Waals surface area contributed by atoms with Crippen molar-refractivity contribution in [3.8, 4) is 0 Å². The van der Waals surface area contributed by atoms with Gasteiger partial charge in [0.2, 0.25) is 10.0 Å². The van der Waals surface area contributed by atoms with E-state index in [-0.39, 0.29) is 0 Å². The summed E-state index contributed by atoms with van der Waals surface area (Å²) in [6.45, 7) is 5.71. The minimum atomic E-state index is -3.49. The van der Waals surface area contributed by atoms with E-state index in [4.69, 9.17) is 0 Å². The highest BCUT2D eigenvalue weighted by molar-refractivity contribution is 9.09. The molecule has 1 rings (SSSR count). The van der Waals surface area contributed by atoms with Gasteiger partial charge in [0.15, 0.2) is 0 Å². The number of hydrogen-bond donors (Lipinski definition) is 1. The average Bonchev–Trinajstić information content (AvgIpc) is 2.32. The van der Waals surface area contributed by atoms with Crippen LogP contribution in [0.4, 0.5) is 0 Å².